The van der Waals surface area contributed by atoms with E-state index in [1.54, 1.807) is 0 Å². The highest BCUT2D eigenvalue weighted by Gasteiger charge is 2.19. The SMILES string of the molecule is Cc1ccc(Cl)cc1OC(c1cccc(Br)c1)C(C)N. The minimum atomic E-state index is -0.218. The van der Waals surface area contributed by atoms with Crippen molar-refractivity contribution in [3.63, 3.8) is 0 Å². The Bertz CT molecular complexity index is 601. The maximum atomic E-state index is 6.10. The van der Waals surface area contributed by atoms with E-state index in [0.29, 0.717) is 5.02 Å². The summed E-state index contributed by atoms with van der Waals surface area (Å²) in [5, 5.41) is 0.656. The molecule has 0 saturated heterocycles. The summed E-state index contributed by atoms with van der Waals surface area (Å²) in [6, 6.07) is 13.5. The Balaban J connectivity index is 2.33. The maximum absolute atomic E-state index is 6.10. The van der Waals surface area contributed by atoms with Crippen molar-refractivity contribution in [1.82, 2.24) is 0 Å². The van der Waals surface area contributed by atoms with Crippen molar-refractivity contribution in [3.05, 3.63) is 63.1 Å². The second-order valence-corrected chi connectivity index (χ2v) is 6.21. The average Bonchev–Trinajstić information content (AvgIpc) is 2.39. The van der Waals surface area contributed by atoms with Gasteiger partial charge in [0, 0.05) is 15.5 Å². The minimum absolute atomic E-state index is 0.136. The van der Waals surface area contributed by atoms with Gasteiger partial charge in [-0.3, -0.25) is 0 Å². The molecule has 20 heavy (non-hydrogen) atoms. The van der Waals surface area contributed by atoms with Gasteiger partial charge in [0.15, 0.2) is 0 Å². The first-order chi connectivity index (χ1) is 9.47. The summed E-state index contributed by atoms with van der Waals surface area (Å²) in [7, 11) is 0. The zero-order valence-electron chi connectivity index (χ0n) is 11.4. The zero-order chi connectivity index (χ0) is 14.7. The van der Waals surface area contributed by atoms with Crippen LogP contribution in [0.5, 0.6) is 5.75 Å². The number of halogens is 2. The molecule has 2 aromatic rings. The van der Waals surface area contributed by atoms with Crippen molar-refractivity contribution in [2.24, 2.45) is 5.73 Å². The molecule has 2 atom stereocenters. The highest BCUT2D eigenvalue weighted by atomic mass is 79.9. The minimum Gasteiger partial charge on any atom is -0.484 e. The van der Waals surface area contributed by atoms with Crippen LogP contribution in [0.4, 0.5) is 0 Å². The van der Waals surface area contributed by atoms with Gasteiger partial charge >= 0.3 is 0 Å². The fourth-order valence-electron chi connectivity index (χ4n) is 2.00. The standard InChI is InChI=1S/C16H17BrClNO/c1-10-6-7-14(18)9-15(10)20-16(11(2)19)12-4-3-5-13(17)8-12/h3-9,11,16H,19H2,1-2H3. The third-order valence-electron chi connectivity index (χ3n) is 3.06. The van der Waals surface area contributed by atoms with Gasteiger partial charge in [-0.1, -0.05) is 45.7 Å². The van der Waals surface area contributed by atoms with Crippen molar-refractivity contribution in [3.8, 4) is 5.75 Å². The van der Waals surface area contributed by atoms with Crippen molar-refractivity contribution in [2.75, 3.05) is 0 Å². The van der Waals surface area contributed by atoms with E-state index in [1.165, 1.54) is 0 Å². The fourth-order valence-corrected chi connectivity index (χ4v) is 2.58. The van der Waals surface area contributed by atoms with E-state index in [1.807, 2.05) is 56.3 Å². The quantitative estimate of drug-likeness (QED) is 0.849. The summed E-state index contributed by atoms with van der Waals surface area (Å²) >= 11 is 9.51. The molecule has 0 aliphatic heterocycles. The number of aryl methyl sites for hydroxylation is 1. The van der Waals surface area contributed by atoms with Crippen LogP contribution in [0.3, 0.4) is 0 Å². The molecule has 4 heteroatoms. The van der Waals surface area contributed by atoms with Crippen molar-refractivity contribution in [2.45, 2.75) is 26.0 Å². The van der Waals surface area contributed by atoms with E-state index in [9.17, 15) is 0 Å². The van der Waals surface area contributed by atoms with E-state index in [0.717, 1.165) is 21.3 Å². The van der Waals surface area contributed by atoms with Gasteiger partial charge in [-0.05, 0) is 49.2 Å². The van der Waals surface area contributed by atoms with Crippen molar-refractivity contribution >= 4 is 27.5 Å². The van der Waals surface area contributed by atoms with Crippen LogP contribution < -0.4 is 10.5 Å². The summed E-state index contributed by atoms with van der Waals surface area (Å²) in [5.41, 5.74) is 8.15. The molecule has 0 aliphatic rings. The number of hydrogen-bond acceptors (Lipinski definition) is 2. The molecular weight excluding hydrogens is 338 g/mol. The Morgan fingerprint density at radius 2 is 1.95 bits per heavy atom. The number of ether oxygens (including phenoxy) is 1. The van der Waals surface area contributed by atoms with Crippen LogP contribution in [0.1, 0.15) is 24.2 Å². The van der Waals surface area contributed by atoms with E-state index in [4.69, 9.17) is 22.1 Å². The van der Waals surface area contributed by atoms with E-state index < -0.39 is 0 Å². The lowest BCUT2D eigenvalue weighted by molar-refractivity contribution is 0.179. The Hall–Kier alpha value is -1.03. The Morgan fingerprint density at radius 1 is 1.20 bits per heavy atom. The molecule has 0 heterocycles. The lowest BCUT2D eigenvalue weighted by Crippen LogP contribution is -2.29. The molecule has 0 aliphatic carbocycles. The first-order valence-electron chi connectivity index (χ1n) is 6.41. The fraction of sp³-hybridized carbons (Fsp3) is 0.250. The molecule has 0 spiro atoms. The normalized spacial score (nSPS) is 13.8. The van der Waals surface area contributed by atoms with Crippen LogP contribution in [0.2, 0.25) is 5.02 Å². The van der Waals surface area contributed by atoms with Crippen LogP contribution in [0.15, 0.2) is 46.9 Å². The molecular formula is C16H17BrClNO. The second-order valence-electron chi connectivity index (χ2n) is 4.86. The summed E-state index contributed by atoms with van der Waals surface area (Å²) in [6.45, 7) is 3.93. The van der Waals surface area contributed by atoms with Gasteiger partial charge in [0.05, 0.1) is 0 Å². The Labute approximate surface area is 133 Å². The maximum Gasteiger partial charge on any atom is 0.139 e. The van der Waals surface area contributed by atoms with Gasteiger partial charge in [0.2, 0.25) is 0 Å². The third-order valence-corrected chi connectivity index (χ3v) is 3.79. The Kier molecular flexibility index (Phi) is 5.08. The average molecular weight is 355 g/mol. The van der Waals surface area contributed by atoms with Crippen LogP contribution in [0, 0.1) is 6.92 Å². The first kappa shape index (κ1) is 15.4. The predicted molar refractivity (Wildman–Crippen MR) is 87.3 cm³/mol. The zero-order valence-corrected chi connectivity index (χ0v) is 13.8. The molecule has 2 unspecified atom stereocenters. The molecule has 0 bridgehead atoms. The molecule has 0 saturated carbocycles. The van der Waals surface area contributed by atoms with Crippen LogP contribution in [-0.2, 0) is 0 Å². The summed E-state index contributed by atoms with van der Waals surface area (Å²) < 4.78 is 7.10. The van der Waals surface area contributed by atoms with Gasteiger partial charge in [-0.15, -0.1) is 0 Å². The van der Waals surface area contributed by atoms with Crippen molar-refractivity contribution in [1.29, 1.82) is 0 Å². The number of hydrogen-bond donors (Lipinski definition) is 1. The second kappa shape index (κ2) is 6.61. The largest absolute Gasteiger partial charge is 0.484 e. The van der Waals surface area contributed by atoms with Crippen LogP contribution in [-0.4, -0.2) is 6.04 Å². The topological polar surface area (TPSA) is 35.2 Å². The molecule has 2 nitrogen and oxygen atoms in total. The molecule has 0 radical (unpaired) electrons. The van der Waals surface area contributed by atoms with E-state index in [-0.39, 0.29) is 12.1 Å². The summed E-state index contributed by atoms with van der Waals surface area (Å²) in [6.07, 6.45) is -0.218. The summed E-state index contributed by atoms with van der Waals surface area (Å²) in [5.74, 6) is 0.764. The number of rotatable bonds is 4. The molecule has 0 amide bonds. The van der Waals surface area contributed by atoms with E-state index in [2.05, 4.69) is 15.9 Å². The molecule has 0 aromatic heterocycles. The first-order valence-corrected chi connectivity index (χ1v) is 7.58. The Morgan fingerprint density at radius 3 is 2.60 bits per heavy atom. The monoisotopic (exact) mass is 353 g/mol. The molecule has 2 N–H and O–H groups in total. The highest BCUT2D eigenvalue weighted by molar-refractivity contribution is 9.10. The van der Waals surface area contributed by atoms with Gasteiger partial charge in [-0.25, -0.2) is 0 Å². The van der Waals surface area contributed by atoms with Gasteiger partial charge in [0.1, 0.15) is 11.9 Å². The number of benzene rings is 2. The van der Waals surface area contributed by atoms with Gasteiger partial charge in [0.25, 0.3) is 0 Å². The van der Waals surface area contributed by atoms with Crippen molar-refractivity contribution < 1.29 is 4.74 Å². The number of nitrogens with two attached hydrogens (primary N) is 1. The smallest absolute Gasteiger partial charge is 0.139 e. The van der Waals surface area contributed by atoms with E-state index >= 15 is 0 Å². The molecule has 0 fully saturated rings. The summed E-state index contributed by atoms with van der Waals surface area (Å²) in [4.78, 5) is 0. The molecule has 2 aromatic carbocycles. The van der Waals surface area contributed by atoms with Crippen LogP contribution in [0.25, 0.3) is 0 Å². The highest BCUT2D eigenvalue weighted by Crippen LogP contribution is 2.30. The predicted octanol–water partition coefficient (Wildman–Crippen LogP) is 4.88. The third kappa shape index (κ3) is 3.75. The molecule has 2 rings (SSSR count). The van der Waals surface area contributed by atoms with Gasteiger partial charge < -0.3 is 10.5 Å². The molecule has 106 valence electrons. The van der Waals surface area contributed by atoms with Gasteiger partial charge in [-0.2, -0.15) is 0 Å². The van der Waals surface area contributed by atoms with Crippen LogP contribution >= 0.6 is 27.5 Å². The lowest BCUT2D eigenvalue weighted by atomic mass is 10.0. The lowest BCUT2D eigenvalue weighted by Gasteiger charge is -2.24.